The Labute approximate surface area is 131 Å². The fourth-order valence-corrected chi connectivity index (χ4v) is 4.31. The summed E-state index contributed by atoms with van der Waals surface area (Å²) in [5.74, 6) is 0. The van der Waals surface area contributed by atoms with E-state index in [-0.39, 0.29) is 6.04 Å². The van der Waals surface area contributed by atoms with Crippen molar-refractivity contribution in [3.63, 3.8) is 0 Å². The van der Waals surface area contributed by atoms with Crippen LogP contribution in [-0.4, -0.2) is 11.5 Å². The van der Waals surface area contributed by atoms with E-state index in [1.807, 2.05) is 18.4 Å². The van der Waals surface area contributed by atoms with Crippen LogP contribution in [0.25, 0.3) is 0 Å². The van der Waals surface area contributed by atoms with E-state index >= 15 is 0 Å². The van der Waals surface area contributed by atoms with Gasteiger partial charge in [0.05, 0.1) is 6.04 Å². The summed E-state index contributed by atoms with van der Waals surface area (Å²) in [4.78, 5) is 5.04. The lowest BCUT2D eigenvalue weighted by Gasteiger charge is -2.16. The predicted octanol–water partition coefficient (Wildman–Crippen LogP) is 5.07. The van der Waals surface area contributed by atoms with Crippen LogP contribution in [0.15, 0.2) is 22.1 Å². The maximum absolute atomic E-state index is 12.7. The predicted molar refractivity (Wildman–Crippen MR) is 79.3 cm³/mol. The standard InChI is InChI=1S/C12H12BrF3N2S2/c1-2-4-17-9(10-7(13)3-5-19-10)8-6-18-11(20-8)12(14,15)16/h3,5-6,9,17H,2,4H2,1H3. The van der Waals surface area contributed by atoms with E-state index < -0.39 is 11.2 Å². The summed E-state index contributed by atoms with van der Waals surface area (Å²) in [6.07, 6.45) is -2.16. The number of hydrogen-bond donors (Lipinski definition) is 1. The zero-order chi connectivity index (χ0) is 14.8. The number of halogens is 4. The normalized spacial score (nSPS) is 13.7. The Hall–Kier alpha value is -0.440. The van der Waals surface area contributed by atoms with Crippen molar-refractivity contribution in [2.45, 2.75) is 25.6 Å². The molecule has 0 fully saturated rings. The second-order valence-corrected chi connectivity index (χ2v) is 6.95. The van der Waals surface area contributed by atoms with Gasteiger partial charge >= 0.3 is 6.18 Å². The summed E-state index contributed by atoms with van der Waals surface area (Å²) < 4.78 is 38.9. The number of thiophene rings is 1. The van der Waals surface area contributed by atoms with Crippen molar-refractivity contribution < 1.29 is 13.2 Å². The van der Waals surface area contributed by atoms with Crippen molar-refractivity contribution in [1.29, 1.82) is 0 Å². The van der Waals surface area contributed by atoms with Gasteiger partial charge in [0, 0.05) is 20.4 Å². The first-order valence-corrected chi connectivity index (χ1v) is 8.41. The molecule has 0 saturated heterocycles. The van der Waals surface area contributed by atoms with Gasteiger partial charge in [-0.15, -0.1) is 22.7 Å². The maximum Gasteiger partial charge on any atom is 0.443 e. The molecule has 1 unspecified atom stereocenters. The first kappa shape index (κ1) is 15.9. The number of thiazole rings is 1. The van der Waals surface area contributed by atoms with Gasteiger partial charge in [-0.05, 0) is 40.3 Å². The molecule has 0 aromatic carbocycles. The number of nitrogens with one attached hydrogen (secondary N) is 1. The quantitative estimate of drug-likeness (QED) is 0.777. The van der Waals surface area contributed by atoms with Crippen LogP contribution in [0.1, 0.15) is 34.1 Å². The zero-order valence-electron chi connectivity index (χ0n) is 10.5. The van der Waals surface area contributed by atoms with E-state index in [0.29, 0.717) is 16.2 Å². The van der Waals surface area contributed by atoms with Gasteiger partial charge in [-0.25, -0.2) is 4.98 Å². The van der Waals surface area contributed by atoms with Crippen LogP contribution >= 0.6 is 38.6 Å². The molecular formula is C12H12BrF3N2S2. The minimum absolute atomic E-state index is 0.252. The molecule has 110 valence electrons. The minimum Gasteiger partial charge on any atom is -0.305 e. The molecule has 0 aliphatic carbocycles. The smallest absolute Gasteiger partial charge is 0.305 e. The SMILES string of the molecule is CCCNC(c1cnc(C(F)(F)F)s1)c1sccc1Br. The number of nitrogens with zero attached hydrogens (tertiary/aromatic N) is 1. The molecule has 2 rings (SSSR count). The van der Waals surface area contributed by atoms with Gasteiger partial charge in [0.25, 0.3) is 0 Å². The number of hydrogen-bond acceptors (Lipinski definition) is 4. The Morgan fingerprint density at radius 3 is 2.70 bits per heavy atom. The van der Waals surface area contributed by atoms with E-state index in [1.165, 1.54) is 17.5 Å². The van der Waals surface area contributed by atoms with Crippen molar-refractivity contribution in [3.05, 3.63) is 36.9 Å². The maximum atomic E-state index is 12.7. The third-order valence-electron chi connectivity index (χ3n) is 2.56. The van der Waals surface area contributed by atoms with Gasteiger partial charge in [-0.3, -0.25) is 0 Å². The Morgan fingerprint density at radius 2 is 2.20 bits per heavy atom. The first-order valence-electron chi connectivity index (χ1n) is 5.92. The molecule has 0 saturated carbocycles. The molecule has 2 nitrogen and oxygen atoms in total. The van der Waals surface area contributed by atoms with Gasteiger partial charge in [0.15, 0.2) is 5.01 Å². The highest BCUT2D eigenvalue weighted by Gasteiger charge is 2.35. The zero-order valence-corrected chi connectivity index (χ0v) is 13.7. The van der Waals surface area contributed by atoms with Crippen LogP contribution in [0.5, 0.6) is 0 Å². The summed E-state index contributed by atoms with van der Waals surface area (Å²) in [7, 11) is 0. The molecule has 2 aromatic heterocycles. The molecule has 0 spiro atoms. The van der Waals surface area contributed by atoms with Crippen LogP contribution in [0, 0.1) is 0 Å². The largest absolute Gasteiger partial charge is 0.443 e. The van der Waals surface area contributed by atoms with E-state index in [1.54, 1.807) is 0 Å². The lowest BCUT2D eigenvalue weighted by atomic mass is 10.2. The molecule has 0 aliphatic heterocycles. The lowest BCUT2D eigenvalue weighted by Crippen LogP contribution is -2.21. The molecule has 1 N–H and O–H groups in total. The lowest BCUT2D eigenvalue weighted by molar-refractivity contribution is -0.137. The monoisotopic (exact) mass is 384 g/mol. The average molecular weight is 385 g/mol. The first-order chi connectivity index (χ1) is 9.43. The fraction of sp³-hybridized carbons (Fsp3) is 0.417. The third kappa shape index (κ3) is 3.60. The van der Waals surface area contributed by atoms with Crippen LogP contribution in [-0.2, 0) is 6.18 Å². The van der Waals surface area contributed by atoms with Crippen LogP contribution in [0.4, 0.5) is 13.2 Å². The van der Waals surface area contributed by atoms with Gasteiger partial charge in [-0.2, -0.15) is 13.2 Å². The highest BCUT2D eigenvalue weighted by molar-refractivity contribution is 9.10. The van der Waals surface area contributed by atoms with Crippen molar-refractivity contribution in [2.24, 2.45) is 0 Å². The van der Waals surface area contributed by atoms with Crippen molar-refractivity contribution in [1.82, 2.24) is 10.3 Å². The molecule has 0 radical (unpaired) electrons. The van der Waals surface area contributed by atoms with E-state index in [2.05, 4.69) is 26.2 Å². The molecule has 0 bridgehead atoms. The van der Waals surface area contributed by atoms with Gasteiger partial charge in [-0.1, -0.05) is 6.92 Å². The molecule has 0 amide bonds. The highest BCUT2D eigenvalue weighted by atomic mass is 79.9. The second-order valence-electron chi connectivity index (χ2n) is 4.09. The van der Waals surface area contributed by atoms with Crippen LogP contribution in [0.2, 0.25) is 0 Å². The van der Waals surface area contributed by atoms with Crippen LogP contribution < -0.4 is 5.32 Å². The molecule has 2 aromatic rings. The van der Waals surface area contributed by atoms with Gasteiger partial charge in [0.1, 0.15) is 0 Å². The fourth-order valence-electron chi connectivity index (χ4n) is 1.67. The summed E-state index contributed by atoms with van der Waals surface area (Å²) in [5, 5.41) is 4.38. The molecule has 1 atom stereocenters. The Kier molecular flexibility index (Phi) is 5.22. The van der Waals surface area contributed by atoms with Crippen molar-refractivity contribution >= 4 is 38.6 Å². The van der Waals surface area contributed by atoms with Gasteiger partial charge in [0.2, 0.25) is 0 Å². The van der Waals surface area contributed by atoms with Gasteiger partial charge < -0.3 is 5.32 Å². The highest BCUT2D eigenvalue weighted by Crippen LogP contribution is 2.39. The molecule has 2 heterocycles. The van der Waals surface area contributed by atoms with Crippen molar-refractivity contribution in [2.75, 3.05) is 6.54 Å². The molecule has 0 aliphatic rings. The minimum atomic E-state index is -4.38. The Balaban J connectivity index is 2.32. The molecule has 20 heavy (non-hydrogen) atoms. The Bertz CT molecular complexity index is 565. The molecular weight excluding hydrogens is 373 g/mol. The van der Waals surface area contributed by atoms with E-state index in [0.717, 1.165) is 22.3 Å². The average Bonchev–Trinajstić information content (AvgIpc) is 2.99. The summed E-state index contributed by atoms with van der Waals surface area (Å²) in [6, 6.07) is 1.64. The summed E-state index contributed by atoms with van der Waals surface area (Å²) >= 11 is 5.64. The Morgan fingerprint density at radius 1 is 1.45 bits per heavy atom. The summed E-state index contributed by atoms with van der Waals surface area (Å²) in [6.45, 7) is 2.75. The van der Waals surface area contributed by atoms with Crippen molar-refractivity contribution in [3.8, 4) is 0 Å². The van der Waals surface area contributed by atoms with E-state index in [4.69, 9.17) is 0 Å². The number of aromatic nitrogens is 1. The topological polar surface area (TPSA) is 24.9 Å². The second kappa shape index (κ2) is 6.55. The summed E-state index contributed by atoms with van der Waals surface area (Å²) in [5.41, 5.74) is 0. The molecule has 8 heteroatoms. The number of alkyl halides is 3. The third-order valence-corrected chi connectivity index (χ3v) is 5.60. The van der Waals surface area contributed by atoms with Crippen LogP contribution in [0.3, 0.4) is 0 Å². The van der Waals surface area contributed by atoms with E-state index in [9.17, 15) is 13.2 Å². The number of rotatable bonds is 5.